The van der Waals surface area contributed by atoms with Gasteiger partial charge in [-0.15, -0.1) is 0 Å². The fraction of sp³-hybridized carbons (Fsp3) is 0.723. The lowest BCUT2D eigenvalue weighted by atomic mass is 9.90. The zero-order valence-electron chi connectivity index (χ0n) is 39.6. The molecule has 2 fully saturated rings. The standard InChI is InChI=1S/C47H77N7O10/c1-9-11-12-20-26-38-32(4)44(59)54(8)37(21-10-2)42(57)53-39(34-24-18-13-14-19-25-34)43(58)52-36(27-48-45(60)63-30-33-22-16-15-17-23-33)41(56)51-35(40(55)50-31(3)29-62-38)28-49-46(61)64-47(5,6)7/h15-17,22-23,31-32,34-39H,9-14,18-21,24-30H2,1-8H3,(H,48,60)(H,49,61)(H,50,55)(H,51,56)(H,52,58)(H,53,57)/t31-,32-,35+,36+,37+,38-,39+/m1/s1. The number of nitrogens with one attached hydrogen (secondary N) is 6. The van der Waals surface area contributed by atoms with Crippen LogP contribution in [-0.2, 0) is 44.8 Å². The summed E-state index contributed by atoms with van der Waals surface area (Å²) in [6, 6.07) is 3.50. The van der Waals surface area contributed by atoms with E-state index in [1.54, 1.807) is 65.9 Å². The Morgan fingerprint density at radius 2 is 1.36 bits per heavy atom. The Kier molecular flexibility index (Phi) is 22.9. The van der Waals surface area contributed by atoms with Crippen LogP contribution in [0.5, 0.6) is 0 Å². The lowest BCUT2D eigenvalue weighted by Crippen LogP contribution is -2.63. The Labute approximate surface area is 380 Å². The Balaban J connectivity index is 2.07. The summed E-state index contributed by atoms with van der Waals surface area (Å²) in [5.74, 6) is -3.92. The first kappa shape index (κ1) is 53.4. The second kappa shape index (κ2) is 27.4. The third-order valence-electron chi connectivity index (χ3n) is 11.6. The summed E-state index contributed by atoms with van der Waals surface area (Å²) in [6.07, 6.45) is 7.93. The number of alkyl carbamates (subject to hydrolysis) is 2. The predicted molar refractivity (Wildman–Crippen MR) is 243 cm³/mol. The van der Waals surface area contributed by atoms with Crippen molar-refractivity contribution in [3.8, 4) is 0 Å². The zero-order valence-corrected chi connectivity index (χ0v) is 39.6. The highest BCUT2D eigenvalue weighted by Gasteiger charge is 2.39. The van der Waals surface area contributed by atoms with Crippen molar-refractivity contribution >= 4 is 41.7 Å². The fourth-order valence-electron chi connectivity index (χ4n) is 8.01. The van der Waals surface area contributed by atoms with E-state index in [4.69, 9.17) is 14.2 Å². The molecule has 7 amide bonds. The molecule has 17 nitrogen and oxygen atoms in total. The Hall–Kier alpha value is -4.93. The molecule has 1 saturated heterocycles. The maximum atomic E-state index is 14.6. The maximum Gasteiger partial charge on any atom is 0.407 e. The average molecular weight is 900 g/mol. The van der Waals surface area contributed by atoms with E-state index in [0.717, 1.165) is 56.9 Å². The monoisotopic (exact) mass is 900 g/mol. The van der Waals surface area contributed by atoms with Crippen LogP contribution >= 0.6 is 0 Å². The Morgan fingerprint density at radius 3 is 1.97 bits per heavy atom. The number of ether oxygens (including phenoxy) is 3. The fourth-order valence-corrected chi connectivity index (χ4v) is 8.01. The van der Waals surface area contributed by atoms with Crippen LogP contribution < -0.4 is 31.9 Å². The second-order valence-corrected chi connectivity index (χ2v) is 18.4. The van der Waals surface area contributed by atoms with Crippen LogP contribution in [0.4, 0.5) is 9.59 Å². The SMILES string of the molecule is CCCCCC[C@H]1OC[C@@H](C)NC(=O)[C@H](CNC(=O)OC(C)(C)C)NC(=O)[C@H](CNC(=O)OCc2ccccc2)NC(=O)[C@H](C2CCCCCC2)NC(=O)[C@H](CCC)N(C)C(=O)[C@@H]1C. The average Bonchev–Trinajstić information content (AvgIpc) is 3.54. The summed E-state index contributed by atoms with van der Waals surface area (Å²) in [5.41, 5.74) is -0.122. The van der Waals surface area contributed by atoms with Crippen LogP contribution in [0.1, 0.15) is 138 Å². The van der Waals surface area contributed by atoms with Gasteiger partial charge in [-0.25, -0.2) is 9.59 Å². The van der Waals surface area contributed by atoms with Gasteiger partial charge in [-0.2, -0.15) is 0 Å². The number of nitrogens with zero attached hydrogens (tertiary/aromatic N) is 1. The number of hydrogen-bond donors (Lipinski definition) is 6. The minimum absolute atomic E-state index is 0.0152. The van der Waals surface area contributed by atoms with Crippen LogP contribution in [0.25, 0.3) is 0 Å². The molecule has 2 aliphatic rings. The van der Waals surface area contributed by atoms with E-state index in [1.165, 1.54) is 4.90 Å². The van der Waals surface area contributed by atoms with E-state index in [1.807, 2.05) is 13.0 Å². The van der Waals surface area contributed by atoms with Gasteiger partial charge >= 0.3 is 12.2 Å². The number of amides is 7. The molecule has 0 unspecified atom stereocenters. The largest absolute Gasteiger partial charge is 0.445 e. The minimum atomic E-state index is -1.48. The second-order valence-electron chi connectivity index (χ2n) is 18.4. The molecule has 3 rings (SSSR count). The first-order valence-electron chi connectivity index (χ1n) is 23.4. The molecule has 0 spiro atoms. The highest BCUT2D eigenvalue weighted by Crippen LogP contribution is 2.27. The predicted octanol–water partition coefficient (Wildman–Crippen LogP) is 5.00. The maximum absolute atomic E-state index is 14.6. The number of carbonyl (C=O) groups excluding carboxylic acids is 7. The minimum Gasteiger partial charge on any atom is -0.445 e. The van der Waals surface area contributed by atoms with Crippen LogP contribution in [0.3, 0.4) is 0 Å². The number of carbonyl (C=O) groups is 7. The Bertz CT molecular complexity index is 1650. The van der Waals surface area contributed by atoms with Gasteiger partial charge in [-0.3, -0.25) is 24.0 Å². The van der Waals surface area contributed by atoms with Gasteiger partial charge in [0.05, 0.1) is 31.7 Å². The van der Waals surface area contributed by atoms with Crippen molar-refractivity contribution in [3.05, 3.63) is 35.9 Å². The number of unbranched alkanes of at least 4 members (excludes halogenated alkanes) is 3. The quantitative estimate of drug-likeness (QED) is 0.108. The summed E-state index contributed by atoms with van der Waals surface area (Å²) in [5, 5.41) is 16.4. The topological polar surface area (TPSA) is 223 Å². The molecule has 1 aromatic rings. The molecule has 0 bridgehead atoms. The van der Waals surface area contributed by atoms with Crippen molar-refractivity contribution in [2.45, 2.75) is 180 Å². The molecule has 1 aliphatic carbocycles. The van der Waals surface area contributed by atoms with Crippen LogP contribution in [-0.4, -0.2) is 115 Å². The third-order valence-corrected chi connectivity index (χ3v) is 11.6. The van der Waals surface area contributed by atoms with E-state index in [9.17, 15) is 33.6 Å². The third kappa shape index (κ3) is 18.7. The number of hydrogen-bond acceptors (Lipinski definition) is 10. The van der Waals surface area contributed by atoms with Crippen molar-refractivity contribution in [2.75, 3.05) is 26.7 Å². The van der Waals surface area contributed by atoms with Crippen molar-refractivity contribution in [2.24, 2.45) is 11.8 Å². The molecular formula is C47H77N7O10. The van der Waals surface area contributed by atoms with Crippen molar-refractivity contribution in [1.29, 1.82) is 0 Å². The summed E-state index contributed by atoms with van der Waals surface area (Å²) in [4.78, 5) is 99.0. The van der Waals surface area contributed by atoms with Gasteiger partial charge < -0.3 is 51.0 Å². The molecule has 7 atom stereocenters. The summed E-state index contributed by atoms with van der Waals surface area (Å²) in [7, 11) is 1.60. The Morgan fingerprint density at radius 1 is 0.750 bits per heavy atom. The molecule has 1 aliphatic heterocycles. The molecule has 1 heterocycles. The van der Waals surface area contributed by atoms with E-state index in [-0.39, 0.29) is 25.0 Å². The number of benzene rings is 1. The van der Waals surface area contributed by atoms with Gasteiger partial charge in [0.25, 0.3) is 0 Å². The van der Waals surface area contributed by atoms with Crippen molar-refractivity contribution in [3.63, 3.8) is 0 Å². The van der Waals surface area contributed by atoms with Gasteiger partial charge in [0.2, 0.25) is 29.5 Å². The highest BCUT2D eigenvalue weighted by atomic mass is 16.6. The van der Waals surface area contributed by atoms with Crippen molar-refractivity contribution < 1.29 is 47.8 Å². The normalized spacial score (nSPS) is 25.2. The van der Waals surface area contributed by atoms with Crippen LogP contribution in [0, 0.1) is 11.8 Å². The summed E-state index contributed by atoms with van der Waals surface area (Å²) < 4.78 is 17.2. The first-order chi connectivity index (χ1) is 30.4. The van der Waals surface area contributed by atoms with E-state index >= 15 is 0 Å². The van der Waals surface area contributed by atoms with Gasteiger partial charge in [-0.05, 0) is 64.9 Å². The van der Waals surface area contributed by atoms with E-state index < -0.39 is 96.7 Å². The molecule has 1 saturated carbocycles. The lowest BCUT2D eigenvalue weighted by molar-refractivity contribution is -0.147. The molecule has 360 valence electrons. The lowest BCUT2D eigenvalue weighted by Gasteiger charge is -2.34. The van der Waals surface area contributed by atoms with Gasteiger partial charge in [-0.1, -0.05) is 109 Å². The van der Waals surface area contributed by atoms with Crippen LogP contribution in [0.15, 0.2) is 30.3 Å². The number of likely N-dealkylation sites (N-methyl/N-ethyl adjacent to an activating group) is 1. The molecule has 17 heteroatoms. The molecule has 1 aromatic carbocycles. The summed E-state index contributed by atoms with van der Waals surface area (Å²) >= 11 is 0. The molecular weight excluding hydrogens is 823 g/mol. The van der Waals surface area contributed by atoms with Gasteiger partial charge in [0, 0.05) is 13.1 Å². The first-order valence-corrected chi connectivity index (χ1v) is 23.4. The molecule has 6 N–H and O–H groups in total. The number of rotatable bonds is 14. The van der Waals surface area contributed by atoms with E-state index in [2.05, 4.69) is 38.8 Å². The van der Waals surface area contributed by atoms with Gasteiger partial charge in [0.15, 0.2) is 0 Å². The highest BCUT2D eigenvalue weighted by molar-refractivity contribution is 5.96. The molecule has 64 heavy (non-hydrogen) atoms. The van der Waals surface area contributed by atoms with Crippen molar-refractivity contribution in [1.82, 2.24) is 36.8 Å². The molecule has 0 aromatic heterocycles. The van der Waals surface area contributed by atoms with E-state index in [0.29, 0.717) is 32.1 Å². The molecule has 0 radical (unpaired) electrons. The summed E-state index contributed by atoms with van der Waals surface area (Å²) in [6.45, 7) is 11.7. The van der Waals surface area contributed by atoms with Gasteiger partial charge in [0.1, 0.15) is 36.4 Å². The zero-order chi connectivity index (χ0) is 47.2. The smallest absolute Gasteiger partial charge is 0.407 e. The van der Waals surface area contributed by atoms with Crippen LogP contribution in [0.2, 0.25) is 0 Å².